The Kier molecular flexibility index (Phi) is 4.15. The van der Waals surface area contributed by atoms with E-state index in [0.717, 1.165) is 11.1 Å². The van der Waals surface area contributed by atoms with Crippen LogP contribution in [0.15, 0.2) is 47.6 Å². The smallest absolute Gasteiger partial charge is 0.271 e. The van der Waals surface area contributed by atoms with Crippen LogP contribution >= 0.6 is 0 Å². The third-order valence-electron chi connectivity index (χ3n) is 3.02. The summed E-state index contributed by atoms with van der Waals surface area (Å²) in [5, 5.41) is 13.2. The number of hydrazone groups is 1. The molecule has 2 aromatic rings. The molecule has 102 valence electrons. The SMILES string of the molecule is Cc1ccc(C(=O)NN=Cc2cccc(O)c2)cc1C. The molecule has 4 heteroatoms. The summed E-state index contributed by atoms with van der Waals surface area (Å²) in [6, 6.07) is 12.1. The van der Waals surface area contributed by atoms with Gasteiger partial charge in [-0.25, -0.2) is 5.43 Å². The zero-order valence-corrected chi connectivity index (χ0v) is 11.4. The molecule has 0 radical (unpaired) electrons. The van der Waals surface area contributed by atoms with Crippen molar-refractivity contribution < 1.29 is 9.90 Å². The summed E-state index contributed by atoms with van der Waals surface area (Å²) in [7, 11) is 0. The summed E-state index contributed by atoms with van der Waals surface area (Å²) in [6.07, 6.45) is 1.48. The minimum Gasteiger partial charge on any atom is -0.508 e. The molecule has 0 aliphatic carbocycles. The third kappa shape index (κ3) is 3.45. The molecule has 0 heterocycles. The molecule has 1 amide bonds. The van der Waals surface area contributed by atoms with Crippen LogP contribution in [0, 0.1) is 13.8 Å². The van der Waals surface area contributed by atoms with Crippen molar-refractivity contribution in [1.82, 2.24) is 5.43 Å². The van der Waals surface area contributed by atoms with Gasteiger partial charge in [-0.2, -0.15) is 5.10 Å². The lowest BCUT2D eigenvalue weighted by Gasteiger charge is -2.03. The quantitative estimate of drug-likeness (QED) is 0.664. The third-order valence-corrected chi connectivity index (χ3v) is 3.02. The Labute approximate surface area is 117 Å². The lowest BCUT2D eigenvalue weighted by molar-refractivity contribution is 0.0955. The van der Waals surface area contributed by atoms with Gasteiger partial charge in [0.2, 0.25) is 0 Å². The standard InChI is InChI=1S/C16H16N2O2/c1-11-6-7-14(8-12(11)2)16(20)18-17-10-13-4-3-5-15(19)9-13/h3-10,19H,1-2H3,(H,18,20). The molecule has 4 nitrogen and oxygen atoms in total. The summed E-state index contributed by atoms with van der Waals surface area (Å²) in [6.45, 7) is 3.96. The summed E-state index contributed by atoms with van der Waals surface area (Å²) < 4.78 is 0. The fourth-order valence-corrected chi connectivity index (χ4v) is 1.72. The largest absolute Gasteiger partial charge is 0.508 e. The minimum atomic E-state index is -0.260. The van der Waals surface area contributed by atoms with Crippen LogP contribution in [-0.2, 0) is 0 Å². The molecular formula is C16H16N2O2. The van der Waals surface area contributed by atoms with E-state index in [4.69, 9.17) is 0 Å². The molecule has 2 aromatic carbocycles. The molecule has 0 fully saturated rings. The van der Waals surface area contributed by atoms with E-state index in [2.05, 4.69) is 10.5 Å². The van der Waals surface area contributed by atoms with Crippen LogP contribution in [0.25, 0.3) is 0 Å². The van der Waals surface area contributed by atoms with Crippen molar-refractivity contribution in [2.75, 3.05) is 0 Å². The molecule has 0 aliphatic heterocycles. The van der Waals surface area contributed by atoms with Gasteiger partial charge in [-0.05, 0) is 54.8 Å². The number of hydrogen-bond donors (Lipinski definition) is 2. The van der Waals surface area contributed by atoms with Crippen molar-refractivity contribution in [3.05, 3.63) is 64.7 Å². The maximum atomic E-state index is 11.9. The Morgan fingerprint density at radius 3 is 2.65 bits per heavy atom. The summed E-state index contributed by atoms with van der Waals surface area (Å²) >= 11 is 0. The number of benzene rings is 2. The van der Waals surface area contributed by atoms with Crippen LogP contribution in [0.2, 0.25) is 0 Å². The van der Waals surface area contributed by atoms with E-state index in [1.165, 1.54) is 6.21 Å². The number of carbonyl (C=O) groups excluding carboxylic acids is 1. The Morgan fingerprint density at radius 2 is 1.95 bits per heavy atom. The highest BCUT2D eigenvalue weighted by Gasteiger charge is 2.04. The van der Waals surface area contributed by atoms with E-state index in [1.807, 2.05) is 26.0 Å². The van der Waals surface area contributed by atoms with Crippen molar-refractivity contribution in [2.45, 2.75) is 13.8 Å². The lowest BCUT2D eigenvalue weighted by Crippen LogP contribution is -2.17. The van der Waals surface area contributed by atoms with Crippen molar-refractivity contribution in [2.24, 2.45) is 5.10 Å². The van der Waals surface area contributed by atoms with E-state index >= 15 is 0 Å². The molecule has 0 spiro atoms. The molecule has 0 saturated heterocycles. The summed E-state index contributed by atoms with van der Waals surface area (Å²) in [5.41, 5.74) is 5.95. The van der Waals surface area contributed by atoms with Gasteiger partial charge in [0.15, 0.2) is 0 Å². The van der Waals surface area contributed by atoms with Gasteiger partial charge in [-0.3, -0.25) is 4.79 Å². The molecule has 0 atom stereocenters. The van der Waals surface area contributed by atoms with Gasteiger partial charge in [-0.1, -0.05) is 18.2 Å². The Morgan fingerprint density at radius 1 is 1.15 bits per heavy atom. The maximum absolute atomic E-state index is 11.9. The number of nitrogens with one attached hydrogen (secondary N) is 1. The first-order chi connectivity index (χ1) is 9.56. The topological polar surface area (TPSA) is 61.7 Å². The van der Waals surface area contributed by atoms with E-state index in [0.29, 0.717) is 11.1 Å². The first-order valence-corrected chi connectivity index (χ1v) is 6.26. The van der Waals surface area contributed by atoms with Gasteiger partial charge in [0.1, 0.15) is 5.75 Å². The number of aromatic hydroxyl groups is 1. The fourth-order valence-electron chi connectivity index (χ4n) is 1.72. The number of rotatable bonds is 3. The van der Waals surface area contributed by atoms with E-state index in [1.54, 1.807) is 30.3 Å². The van der Waals surface area contributed by atoms with Gasteiger partial charge in [0, 0.05) is 5.56 Å². The van der Waals surface area contributed by atoms with Gasteiger partial charge >= 0.3 is 0 Å². The zero-order chi connectivity index (χ0) is 14.5. The zero-order valence-electron chi connectivity index (χ0n) is 11.4. The predicted molar refractivity (Wildman–Crippen MR) is 79.1 cm³/mol. The number of aryl methyl sites for hydroxylation is 2. The molecule has 0 aliphatic rings. The van der Waals surface area contributed by atoms with Gasteiger partial charge in [-0.15, -0.1) is 0 Å². The number of phenols is 1. The average Bonchev–Trinajstić information content (AvgIpc) is 2.42. The first-order valence-electron chi connectivity index (χ1n) is 6.26. The molecule has 0 unspecified atom stereocenters. The summed E-state index contributed by atoms with van der Waals surface area (Å²) in [5.74, 6) is -0.0982. The van der Waals surface area contributed by atoms with Crippen LogP contribution in [0.4, 0.5) is 0 Å². The van der Waals surface area contributed by atoms with Crippen LogP contribution in [0.1, 0.15) is 27.0 Å². The van der Waals surface area contributed by atoms with Crippen LogP contribution < -0.4 is 5.43 Å². The number of phenolic OH excluding ortho intramolecular Hbond substituents is 1. The van der Waals surface area contributed by atoms with E-state index < -0.39 is 0 Å². The highest BCUT2D eigenvalue weighted by molar-refractivity contribution is 5.95. The van der Waals surface area contributed by atoms with E-state index in [-0.39, 0.29) is 11.7 Å². The maximum Gasteiger partial charge on any atom is 0.271 e. The van der Waals surface area contributed by atoms with E-state index in [9.17, 15) is 9.90 Å². The Hall–Kier alpha value is -2.62. The molecule has 0 saturated carbocycles. The van der Waals surface area contributed by atoms with Crippen LogP contribution in [-0.4, -0.2) is 17.2 Å². The molecular weight excluding hydrogens is 252 g/mol. The van der Waals surface area contributed by atoms with Crippen molar-refractivity contribution in [3.8, 4) is 5.75 Å². The minimum absolute atomic E-state index is 0.162. The molecule has 0 aromatic heterocycles. The number of nitrogens with zero attached hydrogens (tertiary/aromatic N) is 1. The molecule has 2 rings (SSSR count). The molecule has 2 N–H and O–H groups in total. The highest BCUT2D eigenvalue weighted by atomic mass is 16.3. The van der Waals surface area contributed by atoms with Gasteiger partial charge in [0.05, 0.1) is 6.21 Å². The molecule has 20 heavy (non-hydrogen) atoms. The van der Waals surface area contributed by atoms with Crippen molar-refractivity contribution in [1.29, 1.82) is 0 Å². The van der Waals surface area contributed by atoms with Crippen LogP contribution in [0.5, 0.6) is 5.75 Å². The first kappa shape index (κ1) is 13.8. The number of carbonyl (C=O) groups is 1. The van der Waals surface area contributed by atoms with Crippen molar-refractivity contribution >= 4 is 12.1 Å². The number of amides is 1. The highest BCUT2D eigenvalue weighted by Crippen LogP contribution is 2.10. The summed E-state index contributed by atoms with van der Waals surface area (Å²) in [4.78, 5) is 11.9. The Bertz CT molecular complexity index is 663. The normalized spacial score (nSPS) is 10.7. The van der Waals surface area contributed by atoms with Gasteiger partial charge < -0.3 is 5.11 Å². The monoisotopic (exact) mass is 268 g/mol. The second-order valence-electron chi connectivity index (χ2n) is 4.59. The number of hydrogen-bond acceptors (Lipinski definition) is 3. The second-order valence-corrected chi connectivity index (χ2v) is 4.59. The average molecular weight is 268 g/mol. The van der Waals surface area contributed by atoms with Gasteiger partial charge in [0.25, 0.3) is 5.91 Å². The predicted octanol–water partition coefficient (Wildman–Crippen LogP) is 2.77. The second kappa shape index (κ2) is 6.02. The van der Waals surface area contributed by atoms with Crippen LogP contribution in [0.3, 0.4) is 0 Å². The fraction of sp³-hybridized carbons (Fsp3) is 0.125. The Balaban J connectivity index is 2.03. The molecule has 0 bridgehead atoms. The van der Waals surface area contributed by atoms with Crippen molar-refractivity contribution in [3.63, 3.8) is 0 Å². The lowest BCUT2D eigenvalue weighted by atomic mass is 10.1.